The number of rotatable bonds is 4. The zero-order chi connectivity index (χ0) is 13.7. The Labute approximate surface area is 109 Å². The summed E-state index contributed by atoms with van der Waals surface area (Å²) >= 11 is 0. The van der Waals surface area contributed by atoms with E-state index >= 15 is 0 Å². The normalized spacial score (nSPS) is 10.0. The third kappa shape index (κ3) is 2.97. The molecule has 0 spiro atoms. The summed E-state index contributed by atoms with van der Waals surface area (Å²) in [6.07, 6.45) is 0.934. The van der Waals surface area contributed by atoms with E-state index in [1.807, 2.05) is 0 Å². The number of amides is 1. The second kappa shape index (κ2) is 5.80. The van der Waals surface area contributed by atoms with Gasteiger partial charge in [0.1, 0.15) is 12.1 Å². The SMILES string of the molecule is CCOC(=O)Nc1ccc(-n2cnnn2)cc1OC. The highest BCUT2D eigenvalue weighted by Crippen LogP contribution is 2.26. The monoisotopic (exact) mass is 263 g/mol. The Hall–Kier alpha value is -2.64. The molecular weight excluding hydrogens is 250 g/mol. The third-order valence-electron chi connectivity index (χ3n) is 2.31. The molecule has 1 N–H and O–H groups in total. The molecule has 1 aromatic carbocycles. The van der Waals surface area contributed by atoms with Crippen LogP contribution in [0.3, 0.4) is 0 Å². The average Bonchev–Trinajstić information content (AvgIpc) is 2.93. The molecule has 0 radical (unpaired) electrons. The van der Waals surface area contributed by atoms with Gasteiger partial charge < -0.3 is 9.47 Å². The second-order valence-electron chi connectivity index (χ2n) is 3.48. The summed E-state index contributed by atoms with van der Waals surface area (Å²) in [6.45, 7) is 2.04. The first kappa shape index (κ1) is 12.8. The van der Waals surface area contributed by atoms with Crippen molar-refractivity contribution < 1.29 is 14.3 Å². The van der Waals surface area contributed by atoms with E-state index in [9.17, 15) is 4.79 Å². The fraction of sp³-hybridized carbons (Fsp3) is 0.273. The van der Waals surface area contributed by atoms with Crippen molar-refractivity contribution in [2.75, 3.05) is 19.0 Å². The number of tetrazole rings is 1. The largest absolute Gasteiger partial charge is 0.494 e. The van der Waals surface area contributed by atoms with E-state index in [4.69, 9.17) is 9.47 Å². The standard InChI is InChI=1S/C11H13N5O3/c1-3-19-11(17)13-9-5-4-8(6-10(9)18-2)16-7-12-14-15-16/h4-7H,3H2,1-2H3,(H,13,17). The molecule has 0 aliphatic carbocycles. The van der Waals surface area contributed by atoms with Gasteiger partial charge in [0.2, 0.25) is 0 Å². The number of nitrogens with one attached hydrogen (secondary N) is 1. The number of aromatic nitrogens is 4. The first-order chi connectivity index (χ1) is 9.24. The predicted octanol–water partition coefficient (Wildman–Crippen LogP) is 1.24. The van der Waals surface area contributed by atoms with Gasteiger partial charge in [-0.1, -0.05) is 0 Å². The molecule has 19 heavy (non-hydrogen) atoms. The average molecular weight is 263 g/mol. The Kier molecular flexibility index (Phi) is 3.91. The van der Waals surface area contributed by atoms with Crippen molar-refractivity contribution in [3.63, 3.8) is 0 Å². The number of benzene rings is 1. The zero-order valence-electron chi connectivity index (χ0n) is 10.5. The lowest BCUT2D eigenvalue weighted by Crippen LogP contribution is -2.14. The van der Waals surface area contributed by atoms with Crippen LogP contribution in [0.2, 0.25) is 0 Å². The fourth-order valence-corrected chi connectivity index (χ4v) is 1.48. The third-order valence-corrected chi connectivity index (χ3v) is 2.31. The van der Waals surface area contributed by atoms with Crippen LogP contribution in [-0.4, -0.2) is 40.0 Å². The molecule has 0 aliphatic heterocycles. The lowest BCUT2D eigenvalue weighted by Gasteiger charge is -2.11. The number of ether oxygens (including phenoxy) is 2. The minimum Gasteiger partial charge on any atom is -0.494 e. The van der Waals surface area contributed by atoms with Gasteiger partial charge in [-0.15, -0.1) is 5.10 Å². The van der Waals surface area contributed by atoms with Gasteiger partial charge in [-0.25, -0.2) is 9.48 Å². The molecule has 1 aromatic heterocycles. The molecule has 100 valence electrons. The van der Waals surface area contributed by atoms with Crippen LogP contribution < -0.4 is 10.1 Å². The Bertz CT molecular complexity index is 555. The minimum absolute atomic E-state index is 0.302. The van der Waals surface area contributed by atoms with Crippen LogP contribution in [0.5, 0.6) is 5.75 Å². The predicted molar refractivity (Wildman–Crippen MR) is 66.4 cm³/mol. The van der Waals surface area contributed by atoms with Crippen molar-refractivity contribution in [1.29, 1.82) is 0 Å². The minimum atomic E-state index is -0.532. The van der Waals surface area contributed by atoms with Crippen molar-refractivity contribution >= 4 is 11.8 Å². The van der Waals surface area contributed by atoms with E-state index in [1.165, 1.54) is 18.1 Å². The maximum absolute atomic E-state index is 11.4. The molecule has 1 amide bonds. The van der Waals surface area contributed by atoms with E-state index < -0.39 is 6.09 Å². The van der Waals surface area contributed by atoms with Gasteiger partial charge in [0.05, 0.1) is 25.1 Å². The number of carbonyl (C=O) groups excluding carboxylic acids is 1. The first-order valence-corrected chi connectivity index (χ1v) is 5.59. The van der Waals surface area contributed by atoms with Crippen LogP contribution in [0.25, 0.3) is 5.69 Å². The van der Waals surface area contributed by atoms with Crippen LogP contribution in [-0.2, 0) is 4.74 Å². The molecule has 0 bridgehead atoms. The summed E-state index contributed by atoms with van der Waals surface area (Å²) in [5.41, 5.74) is 1.23. The summed E-state index contributed by atoms with van der Waals surface area (Å²) < 4.78 is 11.5. The van der Waals surface area contributed by atoms with E-state index in [0.29, 0.717) is 18.0 Å². The molecule has 8 heteroatoms. The Morgan fingerprint density at radius 2 is 2.32 bits per heavy atom. The number of hydrogen-bond donors (Lipinski definition) is 1. The lowest BCUT2D eigenvalue weighted by molar-refractivity contribution is 0.168. The Balaban J connectivity index is 2.24. The van der Waals surface area contributed by atoms with Crippen molar-refractivity contribution in [3.8, 4) is 11.4 Å². The van der Waals surface area contributed by atoms with Crippen molar-refractivity contribution in [1.82, 2.24) is 20.2 Å². The number of methoxy groups -OCH3 is 1. The van der Waals surface area contributed by atoms with Crippen molar-refractivity contribution in [3.05, 3.63) is 24.5 Å². The quantitative estimate of drug-likeness (QED) is 0.892. The first-order valence-electron chi connectivity index (χ1n) is 5.59. The van der Waals surface area contributed by atoms with Gasteiger partial charge >= 0.3 is 6.09 Å². The number of carbonyl (C=O) groups is 1. The second-order valence-corrected chi connectivity index (χ2v) is 3.48. The van der Waals surface area contributed by atoms with E-state index in [0.717, 1.165) is 5.69 Å². The van der Waals surface area contributed by atoms with Gasteiger partial charge in [-0.3, -0.25) is 5.32 Å². The van der Waals surface area contributed by atoms with Gasteiger partial charge in [-0.05, 0) is 29.5 Å². The molecule has 8 nitrogen and oxygen atoms in total. The molecule has 0 fully saturated rings. The summed E-state index contributed by atoms with van der Waals surface area (Å²) in [5.74, 6) is 0.487. The Morgan fingerprint density at radius 3 is 2.95 bits per heavy atom. The molecule has 2 aromatic rings. The fourth-order valence-electron chi connectivity index (χ4n) is 1.48. The van der Waals surface area contributed by atoms with Crippen LogP contribution in [0.15, 0.2) is 24.5 Å². The van der Waals surface area contributed by atoms with E-state index in [2.05, 4.69) is 20.8 Å². The summed E-state index contributed by atoms with van der Waals surface area (Å²) in [5, 5.41) is 13.5. The maximum Gasteiger partial charge on any atom is 0.411 e. The van der Waals surface area contributed by atoms with Crippen LogP contribution >= 0.6 is 0 Å². The molecule has 0 saturated carbocycles. The zero-order valence-corrected chi connectivity index (χ0v) is 10.5. The summed E-state index contributed by atoms with van der Waals surface area (Å²) in [7, 11) is 1.51. The van der Waals surface area contributed by atoms with Crippen LogP contribution in [0.4, 0.5) is 10.5 Å². The van der Waals surface area contributed by atoms with Crippen molar-refractivity contribution in [2.45, 2.75) is 6.92 Å². The number of nitrogens with zero attached hydrogens (tertiary/aromatic N) is 4. The highest BCUT2D eigenvalue weighted by molar-refractivity contribution is 5.87. The van der Waals surface area contributed by atoms with Gasteiger partial charge in [0, 0.05) is 6.07 Å². The van der Waals surface area contributed by atoms with E-state index in [-0.39, 0.29) is 0 Å². The molecular formula is C11H13N5O3. The van der Waals surface area contributed by atoms with Gasteiger partial charge in [0.25, 0.3) is 0 Å². The van der Waals surface area contributed by atoms with Crippen LogP contribution in [0.1, 0.15) is 6.92 Å². The number of hydrogen-bond acceptors (Lipinski definition) is 6. The smallest absolute Gasteiger partial charge is 0.411 e. The highest BCUT2D eigenvalue weighted by Gasteiger charge is 2.10. The molecule has 0 atom stereocenters. The summed E-state index contributed by atoms with van der Waals surface area (Å²) in [6, 6.07) is 5.14. The highest BCUT2D eigenvalue weighted by atomic mass is 16.5. The molecule has 0 unspecified atom stereocenters. The van der Waals surface area contributed by atoms with Gasteiger partial charge in [0.15, 0.2) is 0 Å². The Morgan fingerprint density at radius 1 is 1.47 bits per heavy atom. The lowest BCUT2D eigenvalue weighted by atomic mass is 10.2. The maximum atomic E-state index is 11.4. The van der Waals surface area contributed by atoms with Crippen LogP contribution in [0, 0.1) is 0 Å². The van der Waals surface area contributed by atoms with Gasteiger partial charge in [-0.2, -0.15) is 0 Å². The number of anilines is 1. The molecule has 0 saturated heterocycles. The van der Waals surface area contributed by atoms with E-state index in [1.54, 1.807) is 25.1 Å². The molecule has 0 aliphatic rings. The van der Waals surface area contributed by atoms with Crippen molar-refractivity contribution in [2.24, 2.45) is 0 Å². The topological polar surface area (TPSA) is 91.2 Å². The molecule has 2 rings (SSSR count). The summed E-state index contributed by atoms with van der Waals surface area (Å²) in [4.78, 5) is 11.4. The molecule has 1 heterocycles.